The van der Waals surface area contributed by atoms with Gasteiger partial charge in [0, 0.05) is 0 Å². The van der Waals surface area contributed by atoms with Gasteiger partial charge < -0.3 is 9.47 Å². The van der Waals surface area contributed by atoms with E-state index in [4.69, 9.17) is 44.3 Å². The molecule has 30 heavy (non-hydrogen) atoms. The van der Waals surface area contributed by atoms with E-state index in [-0.39, 0.29) is 13.0 Å². The highest BCUT2D eigenvalue weighted by Crippen LogP contribution is 2.41. The van der Waals surface area contributed by atoms with Crippen LogP contribution in [0.4, 0.5) is 4.79 Å². The minimum Gasteiger partial charge on any atom is -0.464 e. The first kappa shape index (κ1) is 26.6. The van der Waals surface area contributed by atoms with Gasteiger partial charge in [-0.1, -0.05) is 84.6 Å². The Bertz CT molecular complexity index is 704. The molecule has 0 heterocycles. The fourth-order valence-electron chi connectivity index (χ4n) is 2.67. The summed E-state index contributed by atoms with van der Waals surface area (Å²) < 4.78 is 9.10. The van der Waals surface area contributed by atoms with Gasteiger partial charge in [0.25, 0.3) is 0 Å². The third-order valence-electron chi connectivity index (χ3n) is 4.68. The molecule has 168 valence electrons. The molecule has 0 aliphatic rings. The SMILES string of the molecule is C=CC[C@H](C(=O)OCCCC)N(C(=O)OC(C)(C)C(Cl)(Cl)Cl)[C@@H](C)c1ccccc1. The quantitative estimate of drug-likeness (QED) is 0.164. The van der Waals surface area contributed by atoms with Crippen molar-refractivity contribution in [3.63, 3.8) is 0 Å². The summed E-state index contributed by atoms with van der Waals surface area (Å²) in [5.41, 5.74) is -0.620. The van der Waals surface area contributed by atoms with Gasteiger partial charge in [0.15, 0.2) is 5.60 Å². The highest BCUT2D eigenvalue weighted by atomic mass is 35.6. The maximum Gasteiger partial charge on any atom is 0.411 e. The van der Waals surface area contributed by atoms with Crippen molar-refractivity contribution < 1.29 is 19.1 Å². The number of carbonyl (C=O) groups is 2. The van der Waals surface area contributed by atoms with Crippen LogP contribution in [-0.4, -0.2) is 39.0 Å². The van der Waals surface area contributed by atoms with Crippen LogP contribution in [0.3, 0.4) is 0 Å². The predicted molar refractivity (Wildman–Crippen MR) is 122 cm³/mol. The predicted octanol–water partition coefficient (Wildman–Crippen LogP) is 6.62. The second kappa shape index (κ2) is 11.8. The molecule has 0 fully saturated rings. The van der Waals surface area contributed by atoms with Gasteiger partial charge in [-0.05, 0) is 39.2 Å². The number of carbonyl (C=O) groups excluding carboxylic acids is 2. The third-order valence-corrected chi connectivity index (χ3v) is 6.04. The second-order valence-corrected chi connectivity index (χ2v) is 9.71. The normalized spacial score (nSPS) is 13.8. The highest BCUT2D eigenvalue weighted by Gasteiger charge is 2.46. The maximum atomic E-state index is 13.3. The number of alkyl halides is 3. The molecule has 0 radical (unpaired) electrons. The van der Waals surface area contributed by atoms with Crippen molar-refractivity contribution in [2.24, 2.45) is 0 Å². The summed E-state index contributed by atoms with van der Waals surface area (Å²) in [6, 6.07) is 7.84. The number of hydrogen-bond donors (Lipinski definition) is 0. The molecule has 5 nitrogen and oxygen atoms in total. The van der Waals surface area contributed by atoms with Crippen LogP contribution in [0.5, 0.6) is 0 Å². The van der Waals surface area contributed by atoms with Crippen LogP contribution in [-0.2, 0) is 14.3 Å². The van der Waals surface area contributed by atoms with Gasteiger partial charge in [0.2, 0.25) is 3.79 Å². The zero-order chi connectivity index (χ0) is 22.9. The second-order valence-electron chi connectivity index (χ2n) is 7.43. The lowest BCUT2D eigenvalue weighted by Gasteiger charge is -2.39. The van der Waals surface area contributed by atoms with Gasteiger partial charge in [-0.2, -0.15) is 0 Å². The highest BCUT2D eigenvalue weighted by molar-refractivity contribution is 6.68. The molecule has 1 aromatic carbocycles. The standard InChI is InChI=1S/C22H30Cl3NO4/c1-6-8-15-29-19(27)18(12-7-2)26(16(3)17-13-10-9-11-14-17)20(28)30-21(4,5)22(23,24)25/h7,9-11,13-14,16,18H,2,6,8,12,15H2,1,3-5H3/t16-,18+/m0/s1. The zero-order valence-electron chi connectivity index (χ0n) is 17.9. The van der Waals surface area contributed by atoms with E-state index in [1.54, 1.807) is 13.0 Å². The number of benzene rings is 1. The van der Waals surface area contributed by atoms with Crippen molar-refractivity contribution in [3.05, 3.63) is 48.6 Å². The Kier molecular flexibility index (Phi) is 10.5. The van der Waals surface area contributed by atoms with E-state index in [9.17, 15) is 9.59 Å². The van der Waals surface area contributed by atoms with E-state index < -0.39 is 33.5 Å². The Morgan fingerprint density at radius 2 is 1.80 bits per heavy atom. The summed E-state index contributed by atoms with van der Waals surface area (Å²) in [5, 5.41) is 0. The third kappa shape index (κ3) is 7.36. The Labute approximate surface area is 194 Å². The fraction of sp³-hybridized carbons (Fsp3) is 0.545. The smallest absolute Gasteiger partial charge is 0.411 e. The minimum absolute atomic E-state index is 0.186. The van der Waals surface area contributed by atoms with Crippen molar-refractivity contribution in [2.75, 3.05) is 6.61 Å². The molecule has 0 bridgehead atoms. The first-order valence-corrected chi connectivity index (χ1v) is 11.0. The first-order valence-electron chi connectivity index (χ1n) is 9.86. The lowest BCUT2D eigenvalue weighted by atomic mass is 10.0. The molecular weight excluding hydrogens is 449 g/mol. The zero-order valence-corrected chi connectivity index (χ0v) is 20.1. The van der Waals surface area contributed by atoms with Crippen LogP contribution in [0.1, 0.15) is 58.6 Å². The molecule has 0 aliphatic heterocycles. The lowest BCUT2D eigenvalue weighted by molar-refractivity contribution is -0.151. The van der Waals surface area contributed by atoms with Crippen LogP contribution >= 0.6 is 34.8 Å². The number of nitrogens with zero attached hydrogens (tertiary/aromatic N) is 1. The summed E-state index contributed by atoms with van der Waals surface area (Å²) in [6.45, 7) is 10.8. The molecule has 1 aromatic rings. The molecule has 0 unspecified atom stereocenters. The van der Waals surface area contributed by atoms with Crippen molar-refractivity contribution in [1.82, 2.24) is 4.90 Å². The van der Waals surface area contributed by atoms with Gasteiger partial charge in [0.05, 0.1) is 12.6 Å². The Hall–Kier alpha value is -1.43. The van der Waals surface area contributed by atoms with Gasteiger partial charge >= 0.3 is 12.1 Å². The number of halogens is 3. The molecule has 0 saturated carbocycles. The molecule has 0 aliphatic carbocycles. The molecule has 0 spiro atoms. The molecule has 1 rings (SSSR count). The molecule has 8 heteroatoms. The van der Waals surface area contributed by atoms with E-state index >= 15 is 0 Å². The van der Waals surface area contributed by atoms with Gasteiger partial charge in [-0.25, -0.2) is 9.59 Å². The number of esters is 1. The summed E-state index contributed by atoms with van der Waals surface area (Å²) in [5.74, 6) is -0.533. The van der Waals surface area contributed by atoms with Gasteiger partial charge in [-0.15, -0.1) is 6.58 Å². The Balaban J connectivity index is 3.30. The Morgan fingerprint density at radius 1 is 1.20 bits per heavy atom. The Morgan fingerprint density at radius 3 is 2.30 bits per heavy atom. The summed E-state index contributed by atoms with van der Waals surface area (Å²) >= 11 is 18.0. The number of unbranched alkanes of at least 4 members (excludes halogenated alkanes) is 1. The van der Waals surface area contributed by atoms with Crippen molar-refractivity contribution in [3.8, 4) is 0 Å². The number of ether oxygens (including phenoxy) is 2. The average Bonchev–Trinajstić information content (AvgIpc) is 2.67. The van der Waals surface area contributed by atoms with Crippen LogP contribution in [0.25, 0.3) is 0 Å². The number of hydrogen-bond acceptors (Lipinski definition) is 4. The number of amides is 1. The lowest BCUT2D eigenvalue weighted by Crippen LogP contribution is -2.51. The van der Waals surface area contributed by atoms with E-state index in [0.717, 1.165) is 18.4 Å². The summed E-state index contributed by atoms with van der Waals surface area (Å²) in [4.78, 5) is 27.4. The minimum atomic E-state index is -1.86. The van der Waals surface area contributed by atoms with E-state index in [2.05, 4.69) is 6.58 Å². The first-order chi connectivity index (χ1) is 14.0. The number of rotatable bonds is 10. The molecule has 1 amide bonds. The topological polar surface area (TPSA) is 55.8 Å². The average molecular weight is 479 g/mol. The maximum absolute atomic E-state index is 13.3. The van der Waals surface area contributed by atoms with Crippen molar-refractivity contribution in [1.29, 1.82) is 0 Å². The van der Waals surface area contributed by atoms with Gasteiger partial charge in [-0.3, -0.25) is 4.90 Å². The van der Waals surface area contributed by atoms with E-state index in [1.807, 2.05) is 37.3 Å². The van der Waals surface area contributed by atoms with Crippen molar-refractivity contribution in [2.45, 2.75) is 68.4 Å². The van der Waals surface area contributed by atoms with Crippen LogP contribution in [0.2, 0.25) is 0 Å². The monoisotopic (exact) mass is 477 g/mol. The summed E-state index contributed by atoms with van der Waals surface area (Å²) in [6.07, 6.45) is 2.56. The molecule has 0 saturated heterocycles. The van der Waals surface area contributed by atoms with Crippen molar-refractivity contribution >= 4 is 46.9 Å². The van der Waals surface area contributed by atoms with Crippen LogP contribution in [0, 0.1) is 0 Å². The van der Waals surface area contributed by atoms with Crippen LogP contribution < -0.4 is 0 Å². The fourth-order valence-corrected chi connectivity index (χ4v) is 2.79. The largest absolute Gasteiger partial charge is 0.464 e. The molecular formula is C22H30Cl3NO4. The molecule has 0 N–H and O–H groups in total. The van der Waals surface area contributed by atoms with E-state index in [1.165, 1.54) is 18.7 Å². The molecule has 2 atom stereocenters. The van der Waals surface area contributed by atoms with Crippen LogP contribution in [0.15, 0.2) is 43.0 Å². The van der Waals surface area contributed by atoms with E-state index in [0.29, 0.717) is 0 Å². The molecule has 0 aromatic heterocycles. The van der Waals surface area contributed by atoms with Gasteiger partial charge in [0.1, 0.15) is 6.04 Å². The summed E-state index contributed by atoms with van der Waals surface area (Å²) in [7, 11) is 0.